The maximum atomic E-state index is 17.0. The second kappa shape index (κ2) is 11.7. The lowest BCUT2D eigenvalue weighted by Crippen LogP contribution is -2.45. The van der Waals surface area contributed by atoms with Gasteiger partial charge >= 0.3 is 12.2 Å². The summed E-state index contributed by atoms with van der Waals surface area (Å²) in [6.07, 6.45) is 7.54. The maximum Gasteiger partial charge on any atom is 0.508 e. The average Bonchev–Trinajstić information content (AvgIpc) is 3.72. The molecule has 1 aliphatic carbocycles. The van der Waals surface area contributed by atoms with Gasteiger partial charge in [0.1, 0.15) is 36.8 Å². The van der Waals surface area contributed by atoms with E-state index in [4.69, 9.17) is 35.8 Å². The van der Waals surface area contributed by atoms with Crippen molar-refractivity contribution in [1.29, 1.82) is 0 Å². The van der Waals surface area contributed by atoms with E-state index < -0.39 is 29.8 Å². The standard InChI is InChI=1S/C31H38ClF2N7O4/c32-22-10-23-20(13-36-39-23)24-19(22)5-2-9-43-30(42)45-18-4-1-7-40(15-18)28-21-12-35-27(24)25(34)26(21)37-29(38-28)44-16-31-6-3-8-41(31)14-17(33)11-31/h2,5,12,17-20,22-24,36,39H,1,3-4,6-11,13-16H2/b5-2-/t17-,18-,19?,20?,22?,23?,24?,31+/m1/s1. The number of ether oxygens (including phenoxy) is 3. The number of carbonyl (C=O) groups excluding carboxylic acids is 1. The number of piperidine rings is 1. The fourth-order valence-corrected chi connectivity index (χ4v) is 9.08. The molecule has 8 heterocycles. The quantitative estimate of drug-likeness (QED) is 0.290. The molecule has 0 spiro atoms. The number of carbonyl (C=O) groups is 1. The molecule has 14 heteroatoms. The van der Waals surface area contributed by atoms with Gasteiger partial charge in [-0.1, -0.05) is 12.2 Å². The molecule has 0 amide bonds. The van der Waals surface area contributed by atoms with Crippen molar-refractivity contribution in [3.8, 4) is 6.01 Å². The zero-order valence-electron chi connectivity index (χ0n) is 25.0. The number of anilines is 1. The fraction of sp³-hybridized carbons (Fsp3) is 0.677. The van der Waals surface area contributed by atoms with E-state index in [1.165, 1.54) is 0 Å². The number of hydrogen-bond acceptors (Lipinski definition) is 11. The summed E-state index contributed by atoms with van der Waals surface area (Å²) in [6, 6.07) is 0.0819. The summed E-state index contributed by atoms with van der Waals surface area (Å²) in [6.45, 7) is 3.07. The Kier molecular flexibility index (Phi) is 7.70. The SMILES string of the molecule is O=C1OC/C=C\C2C(Cl)CC3NNCC3C2c2ncc3c(nc(OC[C@@]45CCCN4C[C@H](F)C5)nc3c2F)N2CCC[C@H](C2)O1. The maximum absolute atomic E-state index is 17.0. The Labute approximate surface area is 265 Å². The van der Waals surface area contributed by atoms with Gasteiger partial charge in [0, 0.05) is 55.5 Å². The van der Waals surface area contributed by atoms with Crippen LogP contribution in [0.25, 0.3) is 10.9 Å². The first kappa shape index (κ1) is 29.5. The van der Waals surface area contributed by atoms with Crippen molar-refractivity contribution in [2.75, 3.05) is 50.8 Å². The third kappa shape index (κ3) is 5.29. The zero-order valence-corrected chi connectivity index (χ0v) is 25.7. The van der Waals surface area contributed by atoms with Crippen LogP contribution in [0.4, 0.5) is 19.4 Å². The van der Waals surface area contributed by atoms with E-state index in [0.29, 0.717) is 62.3 Å². The van der Waals surface area contributed by atoms with Crippen molar-refractivity contribution in [2.24, 2.45) is 11.8 Å². The molecule has 2 N–H and O–H groups in total. The number of alkyl halides is 2. The number of nitrogens with one attached hydrogen (secondary N) is 2. The third-order valence-electron chi connectivity index (χ3n) is 10.7. The highest BCUT2D eigenvalue weighted by Gasteiger charge is 2.50. The first-order chi connectivity index (χ1) is 21.9. The highest BCUT2D eigenvalue weighted by Crippen LogP contribution is 2.47. The summed E-state index contributed by atoms with van der Waals surface area (Å²) in [5.41, 5.74) is 6.53. The van der Waals surface area contributed by atoms with E-state index >= 15 is 4.39 Å². The van der Waals surface area contributed by atoms with Crippen LogP contribution in [0.2, 0.25) is 0 Å². The van der Waals surface area contributed by atoms with E-state index in [2.05, 4.69) is 20.7 Å². The molecule has 6 aliphatic heterocycles. The molecule has 8 atom stereocenters. The average molecular weight is 646 g/mol. The predicted molar refractivity (Wildman–Crippen MR) is 162 cm³/mol. The molecule has 11 nitrogen and oxygen atoms in total. The number of nitrogens with zero attached hydrogens (tertiary/aromatic N) is 5. The van der Waals surface area contributed by atoms with Crippen LogP contribution in [0.3, 0.4) is 0 Å². The monoisotopic (exact) mass is 645 g/mol. The van der Waals surface area contributed by atoms with Crippen LogP contribution in [0.15, 0.2) is 18.3 Å². The number of allylic oxidation sites excluding steroid dienone is 1. The summed E-state index contributed by atoms with van der Waals surface area (Å²) in [7, 11) is 0. The normalized spacial score (nSPS) is 37.3. The molecule has 45 heavy (non-hydrogen) atoms. The second-order valence-electron chi connectivity index (χ2n) is 13.4. The van der Waals surface area contributed by atoms with Crippen molar-refractivity contribution < 1.29 is 27.8 Å². The topological polar surface area (TPSA) is 114 Å². The first-order valence-electron chi connectivity index (χ1n) is 16.1. The summed E-state index contributed by atoms with van der Waals surface area (Å²) < 4.78 is 48.8. The molecule has 5 unspecified atom stereocenters. The number of pyridine rings is 1. The molecule has 242 valence electrons. The van der Waals surface area contributed by atoms with Crippen LogP contribution in [0.5, 0.6) is 6.01 Å². The van der Waals surface area contributed by atoms with Crippen LogP contribution in [-0.2, 0) is 9.47 Å². The van der Waals surface area contributed by atoms with Gasteiger partial charge in [0.2, 0.25) is 0 Å². The molecular formula is C31H38ClF2N7O4. The number of hydrogen-bond donors (Lipinski definition) is 2. The summed E-state index contributed by atoms with van der Waals surface area (Å²) in [4.78, 5) is 30.9. The van der Waals surface area contributed by atoms with Gasteiger partial charge in [0.25, 0.3) is 0 Å². The minimum atomic E-state index is -0.900. The van der Waals surface area contributed by atoms with Gasteiger partial charge in [-0.25, -0.2) is 13.6 Å². The Hall–Kier alpha value is -2.87. The third-order valence-corrected chi connectivity index (χ3v) is 11.2. The Bertz CT molecular complexity index is 1500. The number of hydrazine groups is 1. The number of fused-ring (bicyclic) bond motifs is 7. The smallest absolute Gasteiger partial charge is 0.461 e. The Morgan fingerprint density at radius 1 is 1.22 bits per heavy atom. The Morgan fingerprint density at radius 2 is 2.13 bits per heavy atom. The molecule has 0 aromatic carbocycles. The lowest BCUT2D eigenvalue weighted by Gasteiger charge is -2.41. The van der Waals surface area contributed by atoms with Gasteiger partial charge in [-0.05, 0) is 44.6 Å². The van der Waals surface area contributed by atoms with Gasteiger partial charge in [-0.3, -0.25) is 20.7 Å². The number of rotatable bonds is 3. The largest absolute Gasteiger partial charge is 0.508 e. The number of aromatic nitrogens is 3. The van der Waals surface area contributed by atoms with Crippen molar-refractivity contribution in [1.82, 2.24) is 30.7 Å². The molecule has 1 saturated carbocycles. The van der Waals surface area contributed by atoms with Crippen LogP contribution >= 0.6 is 11.6 Å². The van der Waals surface area contributed by atoms with Crippen LogP contribution < -0.4 is 20.5 Å². The molecule has 5 fully saturated rings. The fourth-order valence-electron chi connectivity index (χ4n) is 8.65. The molecular weight excluding hydrogens is 608 g/mol. The highest BCUT2D eigenvalue weighted by atomic mass is 35.5. The van der Waals surface area contributed by atoms with Gasteiger partial charge < -0.3 is 19.1 Å². The minimum absolute atomic E-state index is 0.0159. The van der Waals surface area contributed by atoms with Crippen molar-refractivity contribution in [3.63, 3.8) is 0 Å². The summed E-state index contributed by atoms with van der Waals surface area (Å²) in [5, 5.41) is 0.140. The molecule has 2 aromatic heterocycles. The summed E-state index contributed by atoms with van der Waals surface area (Å²) in [5.74, 6) is -0.682. The molecule has 9 rings (SSSR count). The van der Waals surface area contributed by atoms with Gasteiger partial charge in [0.15, 0.2) is 5.82 Å². The molecule has 4 saturated heterocycles. The van der Waals surface area contributed by atoms with E-state index in [1.54, 1.807) is 12.3 Å². The van der Waals surface area contributed by atoms with E-state index in [9.17, 15) is 9.18 Å². The summed E-state index contributed by atoms with van der Waals surface area (Å²) >= 11 is 6.95. The van der Waals surface area contributed by atoms with E-state index in [1.807, 2.05) is 11.0 Å². The zero-order chi connectivity index (χ0) is 30.7. The lowest BCUT2D eigenvalue weighted by molar-refractivity contribution is 0.0247. The Balaban J connectivity index is 1.24. The van der Waals surface area contributed by atoms with Crippen molar-refractivity contribution >= 4 is 34.5 Å². The van der Waals surface area contributed by atoms with Crippen molar-refractivity contribution in [2.45, 2.75) is 73.7 Å². The van der Waals surface area contributed by atoms with Gasteiger partial charge in [-0.2, -0.15) is 9.97 Å². The van der Waals surface area contributed by atoms with E-state index in [0.717, 1.165) is 25.8 Å². The molecule has 0 radical (unpaired) electrons. The first-order valence-corrected chi connectivity index (χ1v) is 16.6. The van der Waals surface area contributed by atoms with E-state index in [-0.39, 0.29) is 53.9 Å². The van der Waals surface area contributed by atoms with Crippen LogP contribution in [0.1, 0.15) is 50.1 Å². The number of halogens is 3. The Morgan fingerprint density at radius 3 is 3.04 bits per heavy atom. The molecule has 6 bridgehead atoms. The molecule has 2 aromatic rings. The second-order valence-corrected chi connectivity index (χ2v) is 13.9. The van der Waals surface area contributed by atoms with Crippen LogP contribution in [0, 0.1) is 17.7 Å². The molecule has 7 aliphatic rings. The minimum Gasteiger partial charge on any atom is -0.461 e. The van der Waals surface area contributed by atoms with Crippen LogP contribution in [-0.4, -0.2) is 101 Å². The van der Waals surface area contributed by atoms with Crippen molar-refractivity contribution in [3.05, 3.63) is 29.9 Å². The van der Waals surface area contributed by atoms with Gasteiger partial charge in [-0.15, -0.1) is 11.6 Å². The lowest BCUT2D eigenvalue weighted by atomic mass is 9.68. The predicted octanol–water partition coefficient (Wildman–Crippen LogP) is 3.61. The highest BCUT2D eigenvalue weighted by molar-refractivity contribution is 6.21. The van der Waals surface area contributed by atoms with Gasteiger partial charge in [0.05, 0.1) is 23.2 Å².